The molecule has 3 N–H and O–H groups in total. The van der Waals surface area contributed by atoms with Gasteiger partial charge >= 0.3 is 12.2 Å². The smallest absolute Gasteiger partial charge is 0.412 e. The number of nitrogens with zero attached hydrogens (tertiary/aromatic N) is 2. The summed E-state index contributed by atoms with van der Waals surface area (Å²) in [6, 6.07) is 14.5. The van der Waals surface area contributed by atoms with Crippen molar-refractivity contribution >= 4 is 17.9 Å². The van der Waals surface area contributed by atoms with Crippen molar-refractivity contribution in [3.05, 3.63) is 84.0 Å². The number of oxime groups is 1. The van der Waals surface area contributed by atoms with Gasteiger partial charge in [0.05, 0.1) is 31.5 Å². The predicted molar refractivity (Wildman–Crippen MR) is 230 cm³/mol. The molecule has 0 bridgehead atoms. The van der Waals surface area contributed by atoms with Crippen molar-refractivity contribution in [1.29, 1.82) is 0 Å². The maximum atomic E-state index is 14.4. The van der Waals surface area contributed by atoms with E-state index >= 15 is 0 Å². The van der Waals surface area contributed by atoms with E-state index in [1.807, 2.05) is 77.1 Å². The van der Waals surface area contributed by atoms with Crippen LogP contribution < -0.4 is 14.8 Å². The number of aliphatic hydroxyl groups excluding tert-OH is 2. The van der Waals surface area contributed by atoms with Crippen molar-refractivity contribution in [3.8, 4) is 11.5 Å². The lowest BCUT2D eigenvalue weighted by atomic mass is 9.55. The number of benzene rings is 2. The number of carbonyl (C=O) groups excluding carboxylic acids is 2. The van der Waals surface area contributed by atoms with Crippen LogP contribution in [0, 0.1) is 17.8 Å². The second-order valence-electron chi connectivity index (χ2n) is 16.7. The SMILES string of the molecule is C=CCOC12Oc3ccc(OC(=O)NCC)cc3C3C(CCCCO)C(CCCCO)C=C(C(=NOC(C)(C)C)CC1N(CCC)C(=O)OCCOCc1ccccc1)C32. The summed E-state index contributed by atoms with van der Waals surface area (Å²) in [5.41, 5.74) is 2.87. The fourth-order valence-corrected chi connectivity index (χ4v) is 8.84. The van der Waals surface area contributed by atoms with Crippen LogP contribution in [-0.4, -0.2) is 96.6 Å². The number of amides is 2. The van der Waals surface area contributed by atoms with Crippen LogP contribution in [0.4, 0.5) is 9.59 Å². The van der Waals surface area contributed by atoms with Crippen LogP contribution in [0.3, 0.4) is 0 Å². The van der Waals surface area contributed by atoms with Gasteiger partial charge in [0.2, 0.25) is 5.79 Å². The molecule has 0 radical (unpaired) electrons. The monoisotopic (exact) mass is 833 g/mol. The zero-order valence-corrected chi connectivity index (χ0v) is 36.2. The molecular weight excluding hydrogens is 767 g/mol. The third-order valence-electron chi connectivity index (χ3n) is 11.2. The van der Waals surface area contributed by atoms with Crippen LogP contribution in [0.5, 0.6) is 11.5 Å². The van der Waals surface area contributed by atoms with Crippen molar-refractivity contribution in [2.24, 2.45) is 22.9 Å². The largest absolute Gasteiger partial charge is 0.459 e. The maximum Gasteiger partial charge on any atom is 0.412 e. The van der Waals surface area contributed by atoms with Crippen LogP contribution in [-0.2, 0) is 25.7 Å². The summed E-state index contributed by atoms with van der Waals surface area (Å²) in [4.78, 5) is 35.1. The van der Waals surface area contributed by atoms with Crippen LogP contribution in [0.25, 0.3) is 0 Å². The molecule has 0 aromatic heterocycles. The van der Waals surface area contributed by atoms with E-state index in [-0.39, 0.29) is 57.2 Å². The Kier molecular flexibility index (Phi) is 17.4. The molecule has 6 atom stereocenters. The number of aliphatic hydroxyl groups is 2. The Morgan fingerprint density at radius 1 is 1.03 bits per heavy atom. The van der Waals surface area contributed by atoms with Gasteiger partial charge in [-0.1, -0.05) is 67.4 Å². The second-order valence-corrected chi connectivity index (χ2v) is 16.7. The molecule has 2 amide bonds. The third kappa shape index (κ3) is 11.7. The summed E-state index contributed by atoms with van der Waals surface area (Å²) in [6.07, 6.45) is 8.22. The van der Waals surface area contributed by atoms with E-state index in [1.54, 1.807) is 17.0 Å². The van der Waals surface area contributed by atoms with Gasteiger partial charge < -0.3 is 44.1 Å². The van der Waals surface area contributed by atoms with Gasteiger partial charge in [-0.15, -0.1) is 6.58 Å². The van der Waals surface area contributed by atoms with Gasteiger partial charge in [0.25, 0.3) is 0 Å². The number of allylic oxidation sites excluding steroid dienone is 1. The van der Waals surface area contributed by atoms with Crippen molar-refractivity contribution in [2.75, 3.05) is 46.1 Å². The first kappa shape index (κ1) is 46.6. The lowest BCUT2D eigenvalue weighted by Gasteiger charge is -2.60. The van der Waals surface area contributed by atoms with E-state index in [0.717, 1.165) is 42.4 Å². The molecule has 2 aromatic rings. The van der Waals surface area contributed by atoms with E-state index in [4.69, 9.17) is 33.7 Å². The van der Waals surface area contributed by atoms with Crippen LogP contribution in [0.1, 0.15) is 103 Å². The quantitative estimate of drug-likeness (QED) is 0.0599. The van der Waals surface area contributed by atoms with Crippen LogP contribution in [0.15, 0.2) is 78.0 Å². The Labute approximate surface area is 356 Å². The van der Waals surface area contributed by atoms with Crippen LogP contribution in [0.2, 0.25) is 0 Å². The first-order chi connectivity index (χ1) is 29.0. The Morgan fingerprint density at radius 2 is 1.78 bits per heavy atom. The number of rotatable bonds is 22. The Balaban J connectivity index is 1.67. The first-order valence-corrected chi connectivity index (χ1v) is 21.8. The molecule has 2 aromatic carbocycles. The molecule has 0 spiro atoms. The number of ether oxygens (including phenoxy) is 5. The zero-order valence-electron chi connectivity index (χ0n) is 36.2. The van der Waals surface area contributed by atoms with E-state index in [1.165, 1.54) is 0 Å². The fraction of sp³-hybridized carbons (Fsp3) is 0.596. The van der Waals surface area contributed by atoms with Gasteiger partial charge in [0, 0.05) is 44.2 Å². The molecule has 13 heteroatoms. The minimum Gasteiger partial charge on any atom is -0.459 e. The van der Waals surface area contributed by atoms with Gasteiger partial charge in [0.15, 0.2) is 0 Å². The fourth-order valence-electron chi connectivity index (χ4n) is 8.84. The molecule has 330 valence electrons. The normalized spacial score (nSPS) is 23.7. The standard InChI is InChI=1S/C47H67N3O10/c1-7-23-50(45(54)56-28-27-55-32-33-17-11-10-12-18-33)41-31-39(49-60-46(4,5)6)37-29-34(19-13-15-24-51)36(20-14-16-25-52)42-38-30-35(58-44(53)48-9-3)21-22-40(38)59-47(41,43(37)42)57-26-8-2/h8,10-12,17-18,21-22,29-30,34,36,41-43,51-52H,2,7,9,13-16,19-20,23-28,31-32H2,1,3-6H3,(H,48,53). The molecule has 3 aliphatic rings. The molecule has 60 heavy (non-hydrogen) atoms. The second kappa shape index (κ2) is 22.4. The highest BCUT2D eigenvalue weighted by Gasteiger charge is 2.65. The first-order valence-electron chi connectivity index (χ1n) is 21.8. The van der Waals surface area contributed by atoms with Crippen molar-refractivity contribution in [2.45, 2.75) is 116 Å². The van der Waals surface area contributed by atoms with E-state index in [9.17, 15) is 19.8 Å². The summed E-state index contributed by atoms with van der Waals surface area (Å²) in [5, 5.41) is 27.3. The highest BCUT2D eigenvalue weighted by atomic mass is 16.7. The number of carbonyl (C=O) groups is 2. The minimum atomic E-state index is -1.44. The third-order valence-corrected chi connectivity index (χ3v) is 11.2. The maximum absolute atomic E-state index is 14.4. The molecule has 2 aliphatic carbocycles. The topological polar surface area (TPSA) is 158 Å². The molecule has 5 rings (SSSR count). The van der Waals surface area contributed by atoms with Gasteiger partial charge in [-0.25, -0.2) is 9.59 Å². The average Bonchev–Trinajstić information content (AvgIpc) is 3.22. The summed E-state index contributed by atoms with van der Waals surface area (Å²) < 4.78 is 31.9. The minimum absolute atomic E-state index is 0.00921. The van der Waals surface area contributed by atoms with Crippen molar-refractivity contribution in [3.63, 3.8) is 0 Å². The number of unbranched alkanes of at least 4 members (excludes halogenated alkanes) is 2. The molecule has 1 fully saturated rings. The van der Waals surface area contributed by atoms with E-state index in [2.05, 4.69) is 18.0 Å². The summed E-state index contributed by atoms with van der Waals surface area (Å²) in [6.45, 7) is 15.4. The average molecular weight is 834 g/mol. The van der Waals surface area contributed by atoms with Crippen LogP contribution >= 0.6 is 0 Å². The van der Waals surface area contributed by atoms with Gasteiger partial charge in [0.1, 0.15) is 29.7 Å². The Morgan fingerprint density at radius 3 is 2.47 bits per heavy atom. The molecular formula is C47H67N3O10. The lowest BCUT2D eigenvalue weighted by Crippen LogP contribution is -2.70. The van der Waals surface area contributed by atoms with Gasteiger partial charge in [-0.05, 0) is 101 Å². The molecule has 1 saturated carbocycles. The van der Waals surface area contributed by atoms with Crippen molar-refractivity contribution in [1.82, 2.24) is 10.2 Å². The number of hydrogen-bond acceptors (Lipinski definition) is 11. The number of hydrogen-bond donors (Lipinski definition) is 3. The van der Waals surface area contributed by atoms with E-state index in [0.29, 0.717) is 56.2 Å². The molecule has 1 heterocycles. The highest BCUT2D eigenvalue weighted by molar-refractivity contribution is 6.03. The molecule has 0 saturated heterocycles. The summed E-state index contributed by atoms with van der Waals surface area (Å²) >= 11 is 0. The Hall–Kier alpha value is -4.43. The number of fused-ring (bicyclic) bond motifs is 2. The van der Waals surface area contributed by atoms with Crippen molar-refractivity contribution < 1.29 is 48.3 Å². The summed E-state index contributed by atoms with van der Waals surface area (Å²) in [7, 11) is 0. The highest BCUT2D eigenvalue weighted by Crippen LogP contribution is 2.62. The predicted octanol–water partition coefficient (Wildman–Crippen LogP) is 8.29. The van der Waals surface area contributed by atoms with E-state index < -0.39 is 35.5 Å². The van der Waals surface area contributed by atoms with Gasteiger partial charge in [-0.2, -0.15) is 0 Å². The summed E-state index contributed by atoms with van der Waals surface area (Å²) in [5.74, 6) is -1.25. The Bertz CT molecular complexity index is 1760. The molecule has 1 aliphatic heterocycles. The molecule has 13 nitrogen and oxygen atoms in total. The zero-order chi connectivity index (χ0) is 43.1. The van der Waals surface area contributed by atoms with Gasteiger partial charge in [-0.3, -0.25) is 4.90 Å². The number of nitrogens with one attached hydrogen (secondary N) is 1. The molecule has 6 unspecified atom stereocenters. The lowest BCUT2D eigenvalue weighted by molar-refractivity contribution is -0.255.